The van der Waals surface area contributed by atoms with E-state index in [4.69, 9.17) is 5.73 Å². The second-order valence-corrected chi connectivity index (χ2v) is 5.20. The van der Waals surface area contributed by atoms with Gasteiger partial charge in [0.2, 0.25) is 0 Å². The maximum atomic E-state index is 5.76. The third-order valence-corrected chi connectivity index (χ3v) is 3.60. The number of benzene rings is 1. The number of nitrogens with zero attached hydrogens (tertiary/aromatic N) is 3. The van der Waals surface area contributed by atoms with Gasteiger partial charge >= 0.3 is 0 Å². The number of aromatic nitrogens is 3. The molecule has 0 aliphatic carbocycles. The van der Waals surface area contributed by atoms with E-state index in [1.165, 1.54) is 0 Å². The third-order valence-electron chi connectivity index (χ3n) is 2.67. The van der Waals surface area contributed by atoms with Gasteiger partial charge in [0, 0.05) is 18.9 Å². The SMILES string of the molecule is Cc1nn(C)cc1Nc1nc2ccc(N)cc2s1. The average molecular weight is 259 g/mol. The first-order chi connectivity index (χ1) is 8.61. The summed E-state index contributed by atoms with van der Waals surface area (Å²) in [6, 6.07) is 5.73. The zero-order chi connectivity index (χ0) is 12.7. The van der Waals surface area contributed by atoms with Gasteiger partial charge < -0.3 is 11.1 Å². The highest BCUT2D eigenvalue weighted by atomic mass is 32.1. The molecule has 0 aliphatic heterocycles. The lowest BCUT2D eigenvalue weighted by molar-refractivity contribution is 0.756. The molecular weight excluding hydrogens is 246 g/mol. The summed E-state index contributed by atoms with van der Waals surface area (Å²) in [6.07, 6.45) is 1.94. The molecule has 0 saturated carbocycles. The number of rotatable bonds is 2. The van der Waals surface area contributed by atoms with Crippen LogP contribution in [-0.2, 0) is 7.05 Å². The van der Waals surface area contributed by atoms with Gasteiger partial charge in [-0.1, -0.05) is 11.3 Å². The summed E-state index contributed by atoms with van der Waals surface area (Å²) in [4.78, 5) is 4.51. The molecule has 1 aromatic carbocycles. The molecule has 3 aromatic rings. The van der Waals surface area contributed by atoms with E-state index in [0.717, 1.165) is 32.4 Å². The highest BCUT2D eigenvalue weighted by Gasteiger charge is 2.07. The summed E-state index contributed by atoms with van der Waals surface area (Å²) in [5.74, 6) is 0. The van der Waals surface area contributed by atoms with Crippen molar-refractivity contribution in [1.82, 2.24) is 14.8 Å². The van der Waals surface area contributed by atoms with Crippen molar-refractivity contribution in [2.24, 2.45) is 7.05 Å². The third kappa shape index (κ3) is 1.91. The molecule has 0 amide bonds. The van der Waals surface area contributed by atoms with Crippen molar-refractivity contribution in [1.29, 1.82) is 0 Å². The van der Waals surface area contributed by atoms with E-state index >= 15 is 0 Å². The highest BCUT2D eigenvalue weighted by molar-refractivity contribution is 7.22. The van der Waals surface area contributed by atoms with Crippen molar-refractivity contribution < 1.29 is 0 Å². The maximum Gasteiger partial charge on any atom is 0.188 e. The molecule has 3 rings (SSSR count). The Balaban J connectivity index is 1.97. The number of nitrogens with two attached hydrogens (primary N) is 1. The van der Waals surface area contributed by atoms with Gasteiger partial charge in [-0.2, -0.15) is 5.10 Å². The van der Waals surface area contributed by atoms with E-state index in [1.807, 2.05) is 38.4 Å². The number of anilines is 3. The fourth-order valence-electron chi connectivity index (χ4n) is 1.83. The van der Waals surface area contributed by atoms with Crippen LogP contribution in [0.3, 0.4) is 0 Å². The fourth-order valence-corrected chi connectivity index (χ4v) is 2.76. The van der Waals surface area contributed by atoms with Crippen LogP contribution in [0.15, 0.2) is 24.4 Å². The summed E-state index contributed by atoms with van der Waals surface area (Å²) >= 11 is 1.58. The van der Waals surface area contributed by atoms with E-state index in [2.05, 4.69) is 15.4 Å². The van der Waals surface area contributed by atoms with Gasteiger partial charge in [-0.3, -0.25) is 4.68 Å². The van der Waals surface area contributed by atoms with Crippen molar-refractivity contribution in [3.63, 3.8) is 0 Å². The minimum Gasteiger partial charge on any atom is -0.399 e. The first-order valence-electron chi connectivity index (χ1n) is 5.55. The Morgan fingerprint density at radius 1 is 1.39 bits per heavy atom. The lowest BCUT2D eigenvalue weighted by Crippen LogP contribution is -1.89. The monoisotopic (exact) mass is 259 g/mol. The maximum absolute atomic E-state index is 5.76. The van der Waals surface area contributed by atoms with Crippen molar-refractivity contribution in [3.05, 3.63) is 30.1 Å². The molecule has 0 saturated heterocycles. The molecule has 92 valence electrons. The van der Waals surface area contributed by atoms with E-state index in [9.17, 15) is 0 Å². The normalized spacial score (nSPS) is 11.0. The first kappa shape index (κ1) is 11.0. The molecular formula is C12H13N5S. The smallest absolute Gasteiger partial charge is 0.188 e. The highest BCUT2D eigenvalue weighted by Crippen LogP contribution is 2.30. The predicted molar refractivity (Wildman–Crippen MR) is 75.3 cm³/mol. The molecule has 5 nitrogen and oxygen atoms in total. The van der Waals surface area contributed by atoms with Crippen LogP contribution >= 0.6 is 11.3 Å². The van der Waals surface area contributed by atoms with Crippen LogP contribution in [0.4, 0.5) is 16.5 Å². The Bertz CT molecular complexity index is 712. The number of nitrogens with one attached hydrogen (secondary N) is 1. The zero-order valence-electron chi connectivity index (χ0n) is 10.1. The molecule has 2 aromatic heterocycles. The van der Waals surface area contributed by atoms with Crippen LogP contribution in [0.2, 0.25) is 0 Å². The van der Waals surface area contributed by atoms with Crippen LogP contribution in [-0.4, -0.2) is 14.8 Å². The number of fused-ring (bicyclic) bond motifs is 1. The van der Waals surface area contributed by atoms with Crippen LogP contribution in [0.25, 0.3) is 10.2 Å². The fraction of sp³-hybridized carbons (Fsp3) is 0.167. The summed E-state index contributed by atoms with van der Waals surface area (Å²) in [7, 11) is 1.90. The van der Waals surface area contributed by atoms with E-state index in [-0.39, 0.29) is 0 Å². The summed E-state index contributed by atoms with van der Waals surface area (Å²) in [5, 5.41) is 8.42. The molecule has 0 spiro atoms. The van der Waals surface area contributed by atoms with Gasteiger partial charge in [-0.05, 0) is 25.1 Å². The Morgan fingerprint density at radius 3 is 2.94 bits per heavy atom. The van der Waals surface area contributed by atoms with Crippen molar-refractivity contribution in [2.75, 3.05) is 11.1 Å². The molecule has 3 N–H and O–H groups in total. The number of hydrogen-bond acceptors (Lipinski definition) is 5. The van der Waals surface area contributed by atoms with Crippen LogP contribution in [0, 0.1) is 6.92 Å². The number of thiazole rings is 1. The van der Waals surface area contributed by atoms with Crippen molar-refractivity contribution in [2.45, 2.75) is 6.92 Å². The second kappa shape index (κ2) is 3.99. The number of hydrogen-bond donors (Lipinski definition) is 2. The summed E-state index contributed by atoms with van der Waals surface area (Å²) < 4.78 is 2.86. The van der Waals surface area contributed by atoms with Crippen LogP contribution in [0.5, 0.6) is 0 Å². The minimum atomic E-state index is 0.759. The van der Waals surface area contributed by atoms with Gasteiger partial charge in [0.25, 0.3) is 0 Å². The van der Waals surface area contributed by atoms with Gasteiger partial charge in [0.15, 0.2) is 5.13 Å². The average Bonchev–Trinajstić information content (AvgIpc) is 2.82. The Morgan fingerprint density at radius 2 is 2.22 bits per heavy atom. The van der Waals surface area contributed by atoms with Crippen LogP contribution in [0.1, 0.15) is 5.69 Å². The largest absolute Gasteiger partial charge is 0.399 e. The molecule has 0 aliphatic rings. The molecule has 6 heteroatoms. The van der Waals surface area contributed by atoms with Crippen molar-refractivity contribution in [3.8, 4) is 0 Å². The Labute approximate surface area is 108 Å². The van der Waals surface area contributed by atoms with E-state index in [1.54, 1.807) is 16.0 Å². The molecule has 0 atom stereocenters. The quantitative estimate of drug-likeness (QED) is 0.694. The molecule has 0 bridgehead atoms. The topological polar surface area (TPSA) is 68.8 Å². The summed E-state index contributed by atoms with van der Waals surface area (Å²) in [6.45, 7) is 1.97. The van der Waals surface area contributed by atoms with Crippen LogP contribution < -0.4 is 11.1 Å². The molecule has 0 fully saturated rings. The summed E-state index contributed by atoms with van der Waals surface area (Å²) in [5.41, 5.74) is 9.41. The molecule has 18 heavy (non-hydrogen) atoms. The van der Waals surface area contributed by atoms with E-state index in [0.29, 0.717) is 0 Å². The van der Waals surface area contributed by atoms with E-state index < -0.39 is 0 Å². The zero-order valence-corrected chi connectivity index (χ0v) is 11.0. The van der Waals surface area contributed by atoms with Crippen molar-refractivity contribution >= 4 is 38.1 Å². The van der Waals surface area contributed by atoms with Gasteiger partial charge in [0.05, 0.1) is 21.6 Å². The minimum absolute atomic E-state index is 0.759. The number of aryl methyl sites for hydroxylation is 2. The molecule has 0 unspecified atom stereocenters. The van der Waals surface area contributed by atoms with Gasteiger partial charge in [0.1, 0.15) is 0 Å². The van der Waals surface area contributed by atoms with Gasteiger partial charge in [-0.25, -0.2) is 4.98 Å². The lowest BCUT2D eigenvalue weighted by atomic mass is 10.3. The lowest BCUT2D eigenvalue weighted by Gasteiger charge is -1.97. The predicted octanol–water partition coefficient (Wildman–Crippen LogP) is 2.66. The molecule has 0 radical (unpaired) electrons. The van der Waals surface area contributed by atoms with Gasteiger partial charge in [-0.15, -0.1) is 0 Å². The first-order valence-corrected chi connectivity index (χ1v) is 6.37. The number of nitrogen functional groups attached to an aromatic ring is 1. The Hall–Kier alpha value is -2.08. The Kier molecular flexibility index (Phi) is 2.45. The molecule has 2 heterocycles. The standard InChI is InChI=1S/C12H13N5S/c1-7-10(6-17(2)16-7)15-12-14-9-4-3-8(13)5-11(9)18-12/h3-6H,13H2,1-2H3,(H,14,15). The second-order valence-electron chi connectivity index (χ2n) is 4.17.